The molecule has 0 heterocycles. The summed E-state index contributed by atoms with van der Waals surface area (Å²) in [6.45, 7) is 3.98. The number of halogens is 1. The summed E-state index contributed by atoms with van der Waals surface area (Å²) in [4.78, 5) is 0.323. The molecule has 0 radical (unpaired) electrons. The molecular weight excluding hydrogens is 246 g/mol. The van der Waals surface area contributed by atoms with E-state index in [9.17, 15) is 8.42 Å². The Morgan fingerprint density at radius 2 is 2.00 bits per heavy atom. The van der Waals surface area contributed by atoms with E-state index in [1.807, 2.05) is 13.0 Å². The van der Waals surface area contributed by atoms with Crippen molar-refractivity contribution in [3.05, 3.63) is 29.8 Å². The van der Waals surface area contributed by atoms with Crippen LogP contribution in [-0.2, 0) is 16.4 Å². The third kappa shape index (κ3) is 3.47. The number of rotatable bonds is 5. The van der Waals surface area contributed by atoms with E-state index in [2.05, 4.69) is 4.72 Å². The SMILES string of the molecule is CCNS(=O)(=O)c1ccccc1CC(C)Cl. The minimum atomic E-state index is -3.40. The second kappa shape index (κ2) is 5.66. The van der Waals surface area contributed by atoms with Crippen molar-refractivity contribution in [2.24, 2.45) is 0 Å². The lowest BCUT2D eigenvalue weighted by Gasteiger charge is -2.11. The molecule has 0 aliphatic rings. The highest BCUT2D eigenvalue weighted by Gasteiger charge is 2.17. The van der Waals surface area contributed by atoms with Gasteiger partial charge in [0.25, 0.3) is 0 Å². The Bertz CT molecular complexity index is 443. The van der Waals surface area contributed by atoms with Crippen LogP contribution in [0.25, 0.3) is 0 Å². The number of sulfonamides is 1. The molecule has 5 heteroatoms. The largest absolute Gasteiger partial charge is 0.240 e. The number of benzene rings is 1. The fourth-order valence-corrected chi connectivity index (χ4v) is 2.96. The lowest BCUT2D eigenvalue weighted by Crippen LogP contribution is -2.24. The second-order valence-electron chi connectivity index (χ2n) is 3.59. The van der Waals surface area contributed by atoms with Crippen molar-refractivity contribution in [2.45, 2.75) is 30.5 Å². The maximum Gasteiger partial charge on any atom is 0.240 e. The van der Waals surface area contributed by atoms with E-state index in [-0.39, 0.29) is 5.38 Å². The van der Waals surface area contributed by atoms with E-state index in [4.69, 9.17) is 11.6 Å². The maximum absolute atomic E-state index is 11.9. The van der Waals surface area contributed by atoms with Crippen molar-refractivity contribution in [1.82, 2.24) is 4.72 Å². The van der Waals surface area contributed by atoms with Gasteiger partial charge in [0, 0.05) is 11.9 Å². The first kappa shape index (κ1) is 13.5. The molecule has 3 nitrogen and oxygen atoms in total. The molecule has 0 spiro atoms. The summed E-state index contributed by atoms with van der Waals surface area (Å²) >= 11 is 5.90. The van der Waals surface area contributed by atoms with Crippen LogP contribution >= 0.6 is 11.6 Å². The zero-order valence-corrected chi connectivity index (χ0v) is 11.0. The van der Waals surface area contributed by atoms with Crippen molar-refractivity contribution in [1.29, 1.82) is 0 Å². The molecule has 0 aliphatic heterocycles. The summed E-state index contributed by atoms with van der Waals surface area (Å²) in [6.07, 6.45) is 0.544. The van der Waals surface area contributed by atoms with Crippen LogP contribution in [0.5, 0.6) is 0 Å². The number of hydrogen-bond acceptors (Lipinski definition) is 2. The fourth-order valence-electron chi connectivity index (χ4n) is 1.51. The Kier molecular flexibility index (Phi) is 4.77. The van der Waals surface area contributed by atoms with Crippen LogP contribution in [-0.4, -0.2) is 20.3 Å². The first-order chi connectivity index (χ1) is 7.47. The highest BCUT2D eigenvalue weighted by Crippen LogP contribution is 2.18. The zero-order chi connectivity index (χ0) is 12.2. The maximum atomic E-state index is 11.9. The first-order valence-corrected chi connectivity index (χ1v) is 7.11. The lowest BCUT2D eigenvalue weighted by atomic mass is 10.1. The average Bonchev–Trinajstić information content (AvgIpc) is 2.17. The highest BCUT2D eigenvalue weighted by atomic mass is 35.5. The predicted molar refractivity (Wildman–Crippen MR) is 66.3 cm³/mol. The standard InChI is InChI=1S/C11H16ClNO2S/c1-3-13-16(14,15)11-7-5-4-6-10(11)8-9(2)12/h4-7,9,13H,3,8H2,1-2H3. The Morgan fingerprint density at radius 1 is 1.38 bits per heavy atom. The Labute approximate surface area is 102 Å². The van der Waals surface area contributed by atoms with Gasteiger partial charge in [0.05, 0.1) is 4.90 Å². The van der Waals surface area contributed by atoms with Gasteiger partial charge in [-0.25, -0.2) is 13.1 Å². The Morgan fingerprint density at radius 3 is 2.56 bits per heavy atom. The third-order valence-electron chi connectivity index (χ3n) is 2.10. The van der Waals surface area contributed by atoms with E-state index in [1.54, 1.807) is 25.1 Å². The van der Waals surface area contributed by atoms with Gasteiger partial charge in [-0.15, -0.1) is 11.6 Å². The predicted octanol–water partition coefficient (Wildman–Crippen LogP) is 2.15. The number of hydrogen-bond donors (Lipinski definition) is 1. The molecule has 0 saturated heterocycles. The van der Waals surface area contributed by atoms with Gasteiger partial charge in [0.2, 0.25) is 10.0 Å². The van der Waals surface area contributed by atoms with E-state index in [0.717, 1.165) is 5.56 Å². The van der Waals surface area contributed by atoms with E-state index in [1.165, 1.54) is 0 Å². The smallest absolute Gasteiger partial charge is 0.211 e. The summed E-state index contributed by atoms with van der Waals surface area (Å²) in [5.74, 6) is 0. The van der Waals surface area contributed by atoms with Crippen molar-refractivity contribution >= 4 is 21.6 Å². The molecule has 0 aromatic heterocycles. The minimum absolute atomic E-state index is 0.0852. The summed E-state index contributed by atoms with van der Waals surface area (Å²) in [6, 6.07) is 6.93. The van der Waals surface area contributed by atoms with E-state index in [0.29, 0.717) is 17.9 Å². The molecule has 1 unspecified atom stereocenters. The summed E-state index contributed by atoms with van der Waals surface area (Å²) in [5.41, 5.74) is 0.756. The first-order valence-electron chi connectivity index (χ1n) is 5.19. The normalized spacial score (nSPS) is 13.7. The van der Waals surface area contributed by atoms with E-state index >= 15 is 0 Å². The van der Waals surface area contributed by atoms with Crippen LogP contribution in [0.3, 0.4) is 0 Å². The Hall–Kier alpha value is -0.580. The number of alkyl halides is 1. The van der Waals surface area contributed by atoms with Crippen molar-refractivity contribution in [3.63, 3.8) is 0 Å². The molecule has 1 rings (SSSR count). The molecule has 0 saturated carbocycles. The molecular formula is C11H16ClNO2S. The van der Waals surface area contributed by atoms with Crippen LogP contribution in [0.15, 0.2) is 29.2 Å². The molecule has 0 aliphatic carbocycles. The monoisotopic (exact) mass is 261 g/mol. The van der Waals surface area contributed by atoms with Gasteiger partial charge in [-0.3, -0.25) is 0 Å². The Balaban J connectivity index is 3.13. The molecule has 1 aromatic carbocycles. The van der Waals surface area contributed by atoms with Crippen LogP contribution in [0.2, 0.25) is 0 Å². The van der Waals surface area contributed by atoms with Gasteiger partial charge in [0.1, 0.15) is 0 Å². The zero-order valence-electron chi connectivity index (χ0n) is 9.40. The summed E-state index contributed by atoms with van der Waals surface area (Å²) in [7, 11) is -3.40. The average molecular weight is 262 g/mol. The molecule has 1 aromatic rings. The number of nitrogens with one attached hydrogen (secondary N) is 1. The van der Waals surface area contributed by atoms with Crippen LogP contribution in [0, 0.1) is 0 Å². The molecule has 16 heavy (non-hydrogen) atoms. The van der Waals surface area contributed by atoms with Crippen LogP contribution in [0.4, 0.5) is 0 Å². The molecule has 0 amide bonds. The van der Waals surface area contributed by atoms with Gasteiger partial charge in [-0.2, -0.15) is 0 Å². The van der Waals surface area contributed by atoms with Crippen LogP contribution < -0.4 is 4.72 Å². The fraction of sp³-hybridized carbons (Fsp3) is 0.455. The van der Waals surface area contributed by atoms with E-state index < -0.39 is 10.0 Å². The summed E-state index contributed by atoms with van der Waals surface area (Å²) < 4.78 is 26.2. The molecule has 0 fully saturated rings. The van der Waals surface area contributed by atoms with Gasteiger partial charge < -0.3 is 0 Å². The summed E-state index contributed by atoms with van der Waals surface area (Å²) in [5, 5.41) is -0.0852. The van der Waals surface area contributed by atoms with Gasteiger partial charge in [0.15, 0.2) is 0 Å². The second-order valence-corrected chi connectivity index (χ2v) is 6.07. The highest BCUT2D eigenvalue weighted by molar-refractivity contribution is 7.89. The van der Waals surface area contributed by atoms with Gasteiger partial charge in [-0.1, -0.05) is 25.1 Å². The minimum Gasteiger partial charge on any atom is -0.211 e. The van der Waals surface area contributed by atoms with Crippen molar-refractivity contribution in [3.8, 4) is 0 Å². The lowest BCUT2D eigenvalue weighted by molar-refractivity contribution is 0.582. The van der Waals surface area contributed by atoms with Crippen LogP contribution in [0.1, 0.15) is 19.4 Å². The quantitative estimate of drug-likeness (QED) is 0.826. The third-order valence-corrected chi connectivity index (χ3v) is 3.90. The molecule has 90 valence electrons. The van der Waals surface area contributed by atoms with Crippen molar-refractivity contribution in [2.75, 3.05) is 6.54 Å². The molecule has 0 bridgehead atoms. The van der Waals surface area contributed by atoms with Gasteiger partial charge in [-0.05, 0) is 25.0 Å². The molecule has 1 N–H and O–H groups in total. The molecule has 1 atom stereocenters. The van der Waals surface area contributed by atoms with Gasteiger partial charge >= 0.3 is 0 Å². The van der Waals surface area contributed by atoms with Crippen molar-refractivity contribution < 1.29 is 8.42 Å². The topological polar surface area (TPSA) is 46.2 Å².